The van der Waals surface area contributed by atoms with Gasteiger partial charge >= 0.3 is 7.48 Å². The van der Waals surface area contributed by atoms with Crippen LogP contribution in [0.3, 0.4) is 0 Å². The van der Waals surface area contributed by atoms with Crippen LogP contribution in [0, 0.1) is 0 Å². The monoisotopic (exact) mass is 372 g/mol. The molecule has 0 aliphatic rings. The fourth-order valence-electron chi connectivity index (χ4n) is 3.49. The van der Waals surface area contributed by atoms with E-state index in [-0.39, 0.29) is 10.8 Å². The molecule has 27 heavy (non-hydrogen) atoms. The average molecular weight is 372 g/mol. The highest BCUT2D eigenvalue weighted by molar-refractivity contribution is 7.19. The van der Waals surface area contributed by atoms with E-state index < -0.39 is 0 Å². The molecule has 1 atom stereocenters. The standard InChI is InChI=1S/C24H26BOP/c1-23(2,24(3,4)27)26-25-16-13-14-21-19-11-6-5-9-17(19)18-10-7-8-12-20(18)22(21)15-16/h5-15,25H,27H2,1-4H3. The van der Waals surface area contributed by atoms with Gasteiger partial charge in [-0.15, -0.1) is 9.24 Å². The highest BCUT2D eigenvalue weighted by Gasteiger charge is 2.33. The molecule has 4 rings (SSSR count). The van der Waals surface area contributed by atoms with Gasteiger partial charge in [0.25, 0.3) is 0 Å². The Bertz CT molecular complexity index is 1110. The van der Waals surface area contributed by atoms with Crippen LogP contribution in [0.25, 0.3) is 32.3 Å². The van der Waals surface area contributed by atoms with E-state index >= 15 is 0 Å². The van der Waals surface area contributed by atoms with Crippen LogP contribution in [0.15, 0.2) is 66.7 Å². The first-order valence-electron chi connectivity index (χ1n) is 9.53. The second kappa shape index (κ2) is 6.62. The minimum absolute atomic E-state index is 0.00669. The third kappa shape index (κ3) is 3.26. The third-order valence-electron chi connectivity index (χ3n) is 5.96. The molecule has 0 heterocycles. The Balaban J connectivity index is 1.85. The fraction of sp³-hybridized carbons (Fsp3) is 0.250. The zero-order valence-corrected chi connectivity index (χ0v) is 17.7. The molecular formula is C24H26BOP. The van der Waals surface area contributed by atoms with Crippen molar-refractivity contribution < 1.29 is 4.65 Å². The van der Waals surface area contributed by atoms with Gasteiger partial charge in [0.05, 0.1) is 5.60 Å². The van der Waals surface area contributed by atoms with Crippen molar-refractivity contribution in [1.29, 1.82) is 0 Å². The van der Waals surface area contributed by atoms with Gasteiger partial charge in [-0.25, -0.2) is 0 Å². The topological polar surface area (TPSA) is 9.23 Å². The highest BCUT2D eigenvalue weighted by Crippen LogP contribution is 2.35. The smallest absolute Gasteiger partial charge is 0.309 e. The summed E-state index contributed by atoms with van der Waals surface area (Å²) in [5.74, 6) is 0. The van der Waals surface area contributed by atoms with Crippen LogP contribution < -0.4 is 5.46 Å². The molecule has 1 nitrogen and oxygen atoms in total. The van der Waals surface area contributed by atoms with Gasteiger partial charge in [-0.05, 0) is 46.2 Å². The number of hydrogen-bond acceptors (Lipinski definition) is 1. The second-order valence-corrected chi connectivity index (χ2v) is 9.94. The predicted molar refractivity (Wildman–Crippen MR) is 125 cm³/mol. The maximum atomic E-state index is 6.31. The van der Waals surface area contributed by atoms with Crippen LogP contribution in [0.1, 0.15) is 27.7 Å². The first-order valence-corrected chi connectivity index (χ1v) is 10.1. The Hall–Kier alpha value is -1.89. The molecule has 1 unspecified atom stereocenters. The summed E-state index contributed by atoms with van der Waals surface area (Å²) in [5, 5.41) is 7.85. The zero-order valence-electron chi connectivity index (χ0n) is 16.5. The SMILES string of the molecule is CC(C)(P)C(C)(C)OBc1ccc2c3ccccc3c3ccccc3c2c1. The van der Waals surface area contributed by atoms with Gasteiger partial charge in [0.2, 0.25) is 0 Å². The van der Waals surface area contributed by atoms with Crippen LogP contribution in [0.5, 0.6) is 0 Å². The Morgan fingerprint density at radius 1 is 0.667 bits per heavy atom. The van der Waals surface area contributed by atoms with E-state index in [0.717, 1.165) is 0 Å². The molecule has 0 fully saturated rings. The van der Waals surface area contributed by atoms with Gasteiger partial charge in [0, 0.05) is 5.16 Å². The Labute approximate surface area is 164 Å². The Kier molecular flexibility index (Phi) is 4.53. The van der Waals surface area contributed by atoms with Crippen molar-refractivity contribution in [2.24, 2.45) is 0 Å². The van der Waals surface area contributed by atoms with Gasteiger partial charge in [-0.1, -0.05) is 86.0 Å². The maximum absolute atomic E-state index is 6.31. The van der Waals surface area contributed by atoms with Crippen LogP contribution in [-0.2, 0) is 4.65 Å². The molecule has 4 aromatic carbocycles. The summed E-state index contributed by atoms with van der Waals surface area (Å²) in [6, 6.07) is 24.1. The summed E-state index contributed by atoms with van der Waals surface area (Å²) in [4.78, 5) is 0. The maximum Gasteiger partial charge on any atom is 0.309 e. The lowest BCUT2D eigenvalue weighted by Crippen LogP contribution is -2.45. The predicted octanol–water partition coefficient (Wildman–Crippen LogP) is 5.57. The van der Waals surface area contributed by atoms with Crippen molar-refractivity contribution in [2.75, 3.05) is 0 Å². The fourth-order valence-corrected chi connectivity index (χ4v) is 3.58. The lowest BCUT2D eigenvalue weighted by molar-refractivity contribution is 0.0841. The largest absolute Gasteiger partial charge is 0.429 e. The van der Waals surface area contributed by atoms with Gasteiger partial charge < -0.3 is 4.65 Å². The lowest BCUT2D eigenvalue weighted by Gasteiger charge is -2.39. The third-order valence-corrected chi connectivity index (χ3v) is 6.66. The minimum Gasteiger partial charge on any atom is -0.429 e. The molecule has 0 spiro atoms. The van der Waals surface area contributed by atoms with Gasteiger partial charge in [-0.2, -0.15) is 0 Å². The van der Waals surface area contributed by atoms with E-state index in [1.807, 2.05) is 0 Å². The first kappa shape index (κ1) is 18.5. The minimum atomic E-state index is -0.224. The molecule has 0 aromatic heterocycles. The van der Waals surface area contributed by atoms with E-state index in [4.69, 9.17) is 4.65 Å². The molecule has 0 radical (unpaired) electrons. The summed E-state index contributed by atoms with van der Waals surface area (Å²) in [6.45, 7) is 8.70. The van der Waals surface area contributed by atoms with E-state index in [1.165, 1.54) is 37.8 Å². The molecular weight excluding hydrogens is 346 g/mol. The Morgan fingerprint density at radius 3 is 1.59 bits per heavy atom. The van der Waals surface area contributed by atoms with E-state index in [9.17, 15) is 0 Å². The van der Waals surface area contributed by atoms with Gasteiger partial charge in [-0.3, -0.25) is 0 Å². The molecule has 0 bridgehead atoms. The molecule has 0 aliphatic carbocycles. The van der Waals surface area contributed by atoms with Crippen molar-refractivity contribution >= 4 is 54.5 Å². The quantitative estimate of drug-likeness (QED) is 0.258. The number of benzene rings is 4. The molecule has 0 N–H and O–H groups in total. The number of fused-ring (bicyclic) bond motifs is 6. The van der Waals surface area contributed by atoms with E-state index in [1.54, 1.807) is 0 Å². The van der Waals surface area contributed by atoms with Crippen LogP contribution in [0.2, 0.25) is 0 Å². The average Bonchev–Trinajstić information content (AvgIpc) is 2.65. The highest BCUT2D eigenvalue weighted by atomic mass is 31.0. The van der Waals surface area contributed by atoms with Crippen molar-refractivity contribution in [3.8, 4) is 0 Å². The molecule has 0 saturated heterocycles. The summed E-state index contributed by atoms with van der Waals surface area (Å²) < 4.78 is 6.31. The molecule has 0 aliphatic heterocycles. The second-order valence-electron chi connectivity index (χ2n) is 8.49. The van der Waals surface area contributed by atoms with Crippen molar-refractivity contribution in [1.82, 2.24) is 0 Å². The van der Waals surface area contributed by atoms with Gasteiger partial charge in [0.1, 0.15) is 0 Å². The van der Waals surface area contributed by atoms with Crippen LogP contribution >= 0.6 is 9.24 Å². The number of rotatable bonds is 4. The summed E-state index contributed by atoms with van der Waals surface area (Å²) in [5.41, 5.74) is 0.989. The van der Waals surface area contributed by atoms with Crippen molar-refractivity contribution in [3.05, 3.63) is 66.7 Å². The van der Waals surface area contributed by atoms with Crippen molar-refractivity contribution in [3.63, 3.8) is 0 Å². The summed E-state index contributed by atoms with van der Waals surface area (Å²) >= 11 is 0. The normalized spacial score (nSPS) is 12.8. The molecule has 3 heteroatoms. The van der Waals surface area contributed by atoms with Crippen LogP contribution in [-0.4, -0.2) is 18.2 Å². The summed E-state index contributed by atoms with van der Waals surface area (Å²) in [7, 11) is 3.52. The lowest BCUT2D eigenvalue weighted by atomic mass is 9.82. The molecule has 4 aromatic rings. The number of hydrogen-bond donors (Lipinski definition) is 0. The summed E-state index contributed by atoms with van der Waals surface area (Å²) in [6.07, 6.45) is 0. The Morgan fingerprint density at radius 2 is 1.11 bits per heavy atom. The van der Waals surface area contributed by atoms with Crippen molar-refractivity contribution in [2.45, 2.75) is 38.5 Å². The van der Waals surface area contributed by atoms with Gasteiger partial charge in [0.15, 0.2) is 0 Å². The van der Waals surface area contributed by atoms with E-state index in [0.29, 0.717) is 7.48 Å². The zero-order chi connectivity index (χ0) is 19.2. The molecule has 0 saturated carbocycles. The first-order chi connectivity index (χ1) is 12.8. The van der Waals surface area contributed by atoms with Crippen LogP contribution in [0.4, 0.5) is 0 Å². The molecule has 136 valence electrons. The van der Waals surface area contributed by atoms with E-state index in [2.05, 4.69) is 104 Å². The molecule has 0 amide bonds.